The fourth-order valence-corrected chi connectivity index (χ4v) is 1.72. The third-order valence-electron chi connectivity index (χ3n) is 2.27. The number of carbonyl (C=O) groups is 1. The molecule has 0 aliphatic rings. The van der Waals surface area contributed by atoms with E-state index in [2.05, 4.69) is 0 Å². The number of hydrogen-bond donors (Lipinski definition) is 1. The Kier molecular flexibility index (Phi) is 3.83. The van der Waals surface area contributed by atoms with Crippen LogP contribution in [0.5, 0.6) is 0 Å². The van der Waals surface area contributed by atoms with Crippen molar-refractivity contribution in [2.24, 2.45) is 11.1 Å². The molecule has 0 radical (unpaired) electrons. The lowest BCUT2D eigenvalue weighted by molar-refractivity contribution is -0.121. The Morgan fingerprint density at radius 3 is 2.12 bits per heavy atom. The predicted octanol–water partition coefficient (Wildman–Crippen LogP) is 1.10. The van der Waals surface area contributed by atoms with E-state index in [9.17, 15) is 13.2 Å². The van der Waals surface area contributed by atoms with Crippen molar-refractivity contribution in [1.29, 1.82) is 0 Å². The zero-order valence-electron chi connectivity index (χ0n) is 9.30. The molecule has 16 heavy (non-hydrogen) atoms. The first kappa shape index (κ1) is 12.9. The molecule has 0 bridgehead atoms. The topological polar surface area (TPSA) is 77.2 Å². The van der Waals surface area contributed by atoms with Crippen LogP contribution < -0.4 is 5.14 Å². The highest BCUT2D eigenvalue weighted by Gasteiger charge is 2.10. The van der Waals surface area contributed by atoms with E-state index in [0.29, 0.717) is 6.42 Å². The number of nitrogens with two attached hydrogens (primary N) is 1. The van der Waals surface area contributed by atoms with E-state index >= 15 is 0 Å². The summed E-state index contributed by atoms with van der Waals surface area (Å²) in [6.45, 7) is 3.67. The van der Waals surface area contributed by atoms with Crippen LogP contribution in [0.2, 0.25) is 0 Å². The molecule has 0 saturated carbocycles. The first-order valence-electron chi connectivity index (χ1n) is 4.95. The summed E-state index contributed by atoms with van der Waals surface area (Å²) in [5.41, 5.74) is 0.797. The van der Waals surface area contributed by atoms with E-state index in [4.69, 9.17) is 5.14 Å². The second kappa shape index (κ2) is 4.76. The zero-order valence-corrected chi connectivity index (χ0v) is 10.1. The molecule has 88 valence electrons. The summed E-state index contributed by atoms with van der Waals surface area (Å²) >= 11 is 0. The quantitative estimate of drug-likeness (QED) is 0.857. The molecule has 0 aromatic heterocycles. The number of primary sulfonamides is 1. The van der Waals surface area contributed by atoms with Crippen molar-refractivity contribution in [3.63, 3.8) is 0 Å². The van der Waals surface area contributed by atoms with Gasteiger partial charge in [-0.05, 0) is 17.7 Å². The highest BCUT2D eigenvalue weighted by Crippen LogP contribution is 2.11. The fourth-order valence-electron chi connectivity index (χ4n) is 1.20. The van der Waals surface area contributed by atoms with Crippen molar-refractivity contribution in [1.82, 2.24) is 0 Å². The summed E-state index contributed by atoms with van der Waals surface area (Å²) in [4.78, 5) is 11.5. The Morgan fingerprint density at radius 1 is 1.25 bits per heavy atom. The third-order valence-corrected chi connectivity index (χ3v) is 3.20. The largest absolute Gasteiger partial charge is 0.299 e. The number of ketones is 1. The molecule has 2 N–H and O–H groups in total. The minimum absolute atomic E-state index is 0.0158. The van der Waals surface area contributed by atoms with E-state index < -0.39 is 10.0 Å². The lowest BCUT2D eigenvalue weighted by Gasteiger charge is -2.04. The normalized spacial score (nSPS) is 11.8. The first-order chi connectivity index (χ1) is 7.30. The van der Waals surface area contributed by atoms with E-state index in [1.807, 2.05) is 13.8 Å². The van der Waals surface area contributed by atoms with Gasteiger partial charge < -0.3 is 0 Å². The number of Topliss-reactive ketones (excluding diaryl/α,β-unsaturated/α-hetero) is 1. The lowest BCUT2D eigenvalue weighted by Crippen LogP contribution is -2.13. The Labute approximate surface area is 95.5 Å². The van der Waals surface area contributed by atoms with E-state index in [1.165, 1.54) is 12.1 Å². The molecule has 0 unspecified atom stereocenters. The van der Waals surface area contributed by atoms with Crippen LogP contribution >= 0.6 is 0 Å². The number of sulfonamides is 1. The Hall–Kier alpha value is -1.20. The van der Waals surface area contributed by atoms with Gasteiger partial charge in [-0.15, -0.1) is 0 Å². The van der Waals surface area contributed by atoms with Crippen LogP contribution in [0, 0.1) is 5.92 Å². The number of carbonyl (C=O) groups excluding carboxylic acids is 1. The Morgan fingerprint density at radius 2 is 1.75 bits per heavy atom. The summed E-state index contributed by atoms with van der Waals surface area (Å²) in [7, 11) is -3.65. The van der Waals surface area contributed by atoms with Gasteiger partial charge in [-0.3, -0.25) is 4.79 Å². The molecule has 0 heterocycles. The second-order valence-electron chi connectivity index (χ2n) is 3.99. The number of benzene rings is 1. The maximum atomic E-state index is 11.5. The van der Waals surface area contributed by atoms with Crippen molar-refractivity contribution in [3.05, 3.63) is 29.8 Å². The molecule has 5 heteroatoms. The molecular formula is C11H15NO3S. The monoisotopic (exact) mass is 241 g/mol. The molecule has 0 amide bonds. The molecule has 0 atom stereocenters. The van der Waals surface area contributed by atoms with Crippen molar-refractivity contribution in [2.45, 2.75) is 25.2 Å². The number of rotatable bonds is 4. The molecule has 0 saturated heterocycles. The van der Waals surface area contributed by atoms with Gasteiger partial charge in [0, 0.05) is 12.3 Å². The van der Waals surface area contributed by atoms with Crippen LogP contribution in [-0.2, 0) is 21.2 Å². The number of hydrogen-bond acceptors (Lipinski definition) is 3. The molecule has 1 aromatic carbocycles. The van der Waals surface area contributed by atoms with E-state index in [1.54, 1.807) is 12.1 Å². The molecule has 0 aliphatic carbocycles. The third kappa shape index (κ3) is 3.43. The average Bonchev–Trinajstić information content (AvgIpc) is 2.17. The maximum Gasteiger partial charge on any atom is 0.238 e. The van der Waals surface area contributed by atoms with Crippen molar-refractivity contribution < 1.29 is 13.2 Å². The zero-order chi connectivity index (χ0) is 12.3. The molecule has 0 aliphatic heterocycles. The minimum Gasteiger partial charge on any atom is -0.299 e. The molecule has 4 nitrogen and oxygen atoms in total. The van der Waals surface area contributed by atoms with E-state index in [0.717, 1.165) is 5.56 Å². The van der Waals surface area contributed by atoms with Gasteiger partial charge in [-0.25, -0.2) is 13.6 Å². The molecular weight excluding hydrogens is 226 g/mol. The van der Waals surface area contributed by atoms with Gasteiger partial charge in [0.25, 0.3) is 0 Å². The average molecular weight is 241 g/mol. The van der Waals surface area contributed by atoms with Crippen LogP contribution in [-0.4, -0.2) is 14.2 Å². The van der Waals surface area contributed by atoms with Gasteiger partial charge in [0.15, 0.2) is 0 Å². The Balaban J connectivity index is 2.84. The van der Waals surface area contributed by atoms with Crippen molar-refractivity contribution in [2.75, 3.05) is 0 Å². The van der Waals surface area contributed by atoms with Gasteiger partial charge in [0.1, 0.15) is 5.78 Å². The smallest absolute Gasteiger partial charge is 0.238 e. The molecule has 0 spiro atoms. The highest BCUT2D eigenvalue weighted by molar-refractivity contribution is 7.89. The predicted molar refractivity (Wildman–Crippen MR) is 61.4 cm³/mol. The van der Waals surface area contributed by atoms with Crippen LogP contribution in [0.25, 0.3) is 0 Å². The minimum atomic E-state index is -3.65. The van der Waals surface area contributed by atoms with Crippen LogP contribution in [0.15, 0.2) is 29.2 Å². The van der Waals surface area contributed by atoms with Gasteiger partial charge in [0.2, 0.25) is 10.0 Å². The summed E-state index contributed by atoms with van der Waals surface area (Å²) < 4.78 is 22.0. The standard InChI is InChI=1S/C11H15NO3S/c1-8(2)11(13)7-9-3-5-10(6-4-9)16(12,14)15/h3-6,8H,7H2,1-2H3,(H2,12,14,15). The SMILES string of the molecule is CC(C)C(=O)Cc1ccc(S(N)(=O)=O)cc1. The van der Waals surface area contributed by atoms with Crippen molar-refractivity contribution in [3.8, 4) is 0 Å². The summed E-state index contributed by atoms with van der Waals surface area (Å²) in [5.74, 6) is 0.112. The van der Waals surface area contributed by atoms with Crippen molar-refractivity contribution >= 4 is 15.8 Å². The van der Waals surface area contributed by atoms with Crippen LogP contribution in [0.4, 0.5) is 0 Å². The van der Waals surface area contributed by atoms with Gasteiger partial charge in [0.05, 0.1) is 4.90 Å². The van der Waals surface area contributed by atoms with Crippen LogP contribution in [0.1, 0.15) is 19.4 Å². The lowest BCUT2D eigenvalue weighted by atomic mass is 10.0. The van der Waals surface area contributed by atoms with Gasteiger partial charge in [-0.1, -0.05) is 26.0 Å². The fraction of sp³-hybridized carbons (Fsp3) is 0.364. The summed E-state index contributed by atoms with van der Waals surface area (Å²) in [6, 6.07) is 6.05. The molecule has 1 aromatic rings. The highest BCUT2D eigenvalue weighted by atomic mass is 32.2. The van der Waals surface area contributed by atoms with Crippen LogP contribution in [0.3, 0.4) is 0 Å². The summed E-state index contributed by atoms with van der Waals surface area (Å²) in [5, 5.41) is 4.96. The van der Waals surface area contributed by atoms with Gasteiger partial charge in [-0.2, -0.15) is 0 Å². The summed E-state index contributed by atoms with van der Waals surface area (Å²) in [6.07, 6.45) is 0.322. The maximum absolute atomic E-state index is 11.5. The Bertz CT molecular complexity index is 474. The molecule has 0 fully saturated rings. The first-order valence-corrected chi connectivity index (χ1v) is 6.50. The second-order valence-corrected chi connectivity index (χ2v) is 5.55. The molecule has 1 rings (SSSR count). The van der Waals surface area contributed by atoms with E-state index in [-0.39, 0.29) is 16.6 Å². The van der Waals surface area contributed by atoms with Gasteiger partial charge >= 0.3 is 0 Å².